The van der Waals surface area contributed by atoms with E-state index in [1.807, 2.05) is 0 Å². The van der Waals surface area contributed by atoms with Crippen molar-refractivity contribution in [3.05, 3.63) is 41.1 Å². The minimum atomic E-state index is -4.01. The number of benzene rings is 1. The van der Waals surface area contributed by atoms with Crippen LogP contribution in [0.5, 0.6) is 0 Å². The molecular formula is C14H11N3O3S2. The van der Waals surface area contributed by atoms with Crippen molar-refractivity contribution in [3.63, 3.8) is 0 Å². The molecule has 0 amide bonds. The molecule has 0 saturated heterocycles. The number of terminal acetylenes is 1. The van der Waals surface area contributed by atoms with E-state index in [1.165, 1.54) is 0 Å². The molecule has 0 unspecified atom stereocenters. The van der Waals surface area contributed by atoms with E-state index < -0.39 is 15.8 Å². The van der Waals surface area contributed by atoms with E-state index in [-0.39, 0.29) is 23.0 Å². The van der Waals surface area contributed by atoms with Crippen molar-refractivity contribution < 1.29 is 13.5 Å². The predicted molar refractivity (Wildman–Crippen MR) is 85.6 cm³/mol. The first-order chi connectivity index (χ1) is 10.5. The number of rotatable bonds is 2. The maximum Gasteiger partial charge on any atom is 0.270 e. The SMILES string of the molecule is C#CCN1c2nsnc2C(O)=C(c2ccccc2C)S1(=O)=O. The molecule has 3 rings (SSSR count). The molecule has 1 aromatic heterocycles. The van der Waals surface area contributed by atoms with Crippen LogP contribution in [-0.2, 0) is 10.0 Å². The highest BCUT2D eigenvalue weighted by atomic mass is 32.2. The van der Waals surface area contributed by atoms with E-state index in [9.17, 15) is 13.5 Å². The highest BCUT2D eigenvalue weighted by molar-refractivity contribution is 8.02. The Labute approximate surface area is 132 Å². The van der Waals surface area contributed by atoms with Gasteiger partial charge in [0.25, 0.3) is 10.0 Å². The molecule has 1 aliphatic heterocycles. The molecule has 0 bridgehead atoms. The molecule has 0 aliphatic carbocycles. The number of aromatic nitrogens is 2. The number of fused-ring (bicyclic) bond motifs is 1. The van der Waals surface area contributed by atoms with Gasteiger partial charge in [0, 0.05) is 5.56 Å². The zero-order valence-electron chi connectivity index (χ0n) is 11.5. The molecular weight excluding hydrogens is 322 g/mol. The van der Waals surface area contributed by atoms with E-state index in [1.54, 1.807) is 31.2 Å². The smallest absolute Gasteiger partial charge is 0.270 e. The van der Waals surface area contributed by atoms with Crippen LogP contribution in [0.25, 0.3) is 10.7 Å². The minimum absolute atomic E-state index is 0.0674. The normalized spacial score (nSPS) is 16.3. The van der Waals surface area contributed by atoms with E-state index in [0.29, 0.717) is 5.56 Å². The molecule has 1 aromatic carbocycles. The second-order valence-corrected chi connectivity index (χ2v) is 6.97. The van der Waals surface area contributed by atoms with Crippen molar-refractivity contribution in [1.29, 1.82) is 0 Å². The Balaban J connectivity index is 2.36. The van der Waals surface area contributed by atoms with Gasteiger partial charge in [-0.2, -0.15) is 8.75 Å². The van der Waals surface area contributed by atoms with Crippen LogP contribution in [0, 0.1) is 19.3 Å². The summed E-state index contributed by atoms with van der Waals surface area (Å²) in [5.74, 6) is 1.98. The van der Waals surface area contributed by atoms with Crippen LogP contribution >= 0.6 is 11.7 Å². The van der Waals surface area contributed by atoms with E-state index in [0.717, 1.165) is 21.6 Å². The molecule has 0 radical (unpaired) electrons. The summed E-state index contributed by atoms with van der Waals surface area (Å²) < 4.78 is 34.7. The van der Waals surface area contributed by atoms with Crippen LogP contribution in [0.15, 0.2) is 24.3 Å². The first kappa shape index (κ1) is 14.6. The number of sulfonamides is 1. The quantitative estimate of drug-likeness (QED) is 0.850. The molecule has 0 fully saturated rings. The third kappa shape index (κ3) is 1.98. The van der Waals surface area contributed by atoms with Gasteiger partial charge in [-0.3, -0.25) is 0 Å². The maximum atomic E-state index is 12.9. The summed E-state index contributed by atoms with van der Waals surface area (Å²) in [6, 6.07) is 6.90. The molecule has 1 aliphatic rings. The molecule has 112 valence electrons. The predicted octanol–water partition coefficient (Wildman–Crippen LogP) is 2.01. The third-order valence-corrected chi connectivity index (χ3v) is 5.65. The standard InChI is InChI=1S/C14H11N3O3S2/c1-3-8-17-14-11(15-21-16-14)12(18)13(22(17,19)20)10-7-5-4-6-9(10)2/h1,4-7,18H,8H2,2H3. The average molecular weight is 333 g/mol. The van der Waals surface area contributed by atoms with Gasteiger partial charge in [-0.05, 0) is 12.5 Å². The van der Waals surface area contributed by atoms with Gasteiger partial charge in [0.2, 0.25) is 0 Å². The van der Waals surface area contributed by atoms with Crippen molar-refractivity contribution in [2.75, 3.05) is 10.8 Å². The Hall–Kier alpha value is -2.37. The summed E-state index contributed by atoms with van der Waals surface area (Å²) in [6.45, 7) is 1.59. The van der Waals surface area contributed by atoms with E-state index >= 15 is 0 Å². The van der Waals surface area contributed by atoms with Gasteiger partial charge in [0.05, 0.1) is 18.3 Å². The highest BCUT2D eigenvalue weighted by Crippen LogP contribution is 2.41. The van der Waals surface area contributed by atoms with Gasteiger partial charge in [-0.25, -0.2) is 12.7 Å². The van der Waals surface area contributed by atoms with Crippen molar-refractivity contribution in [3.8, 4) is 12.3 Å². The van der Waals surface area contributed by atoms with E-state index in [4.69, 9.17) is 6.42 Å². The highest BCUT2D eigenvalue weighted by Gasteiger charge is 2.41. The Morgan fingerprint density at radius 2 is 2.09 bits per heavy atom. The topological polar surface area (TPSA) is 83.4 Å². The van der Waals surface area contributed by atoms with Gasteiger partial charge in [0.1, 0.15) is 4.91 Å². The van der Waals surface area contributed by atoms with Crippen molar-refractivity contribution in [1.82, 2.24) is 8.75 Å². The fourth-order valence-electron chi connectivity index (χ4n) is 2.29. The third-order valence-electron chi connectivity index (χ3n) is 3.32. The van der Waals surface area contributed by atoms with Gasteiger partial charge in [-0.1, -0.05) is 30.2 Å². The number of hydrogen-bond donors (Lipinski definition) is 1. The summed E-state index contributed by atoms with van der Waals surface area (Å²) in [7, 11) is -4.01. The fraction of sp³-hybridized carbons (Fsp3) is 0.143. The molecule has 0 spiro atoms. The molecule has 1 N–H and O–H groups in total. The monoisotopic (exact) mass is 333 g/mol. The summed E-state index contributed by atoms with van der Waals surface area (Å²) >= 11 is 0.822. The Morgan fingerprint density at radius 3 is 2.77 bits per heavy atom. The van der Waals surface area contributed by atoms with Crippen LogP contribution in [0.1, 0.15) is 16.8 Å². The maximum absolute atomic E-state index is 12.9. The number of nitrogens with zero attached hydrogens (tertiary/aromatic N) is 3. The largest absolute Gasteiger partial charge is 0.504 e. The lowest BCUT2D eigenvalue weighted by molar-refractivity contribution is 0.510. The minimum Gasteiger partial charge on any atom is -0.504 e. The Morgan fingerprint density at radius 1 is 1.36 bits per heavy atom. The zero-order chi connectivity index (χ0) is 15.9. The van der Waals surface area contributed by atoms with Gasteiger partial charge < -0.3 is 5.11 Å². The Bertz CT molecular complexity index is 923. The second kappa shape index (κ2) is 5.12. The van der Waals surface area contributed by atoms with Crippen LogP contribution < -0.4 is 4.31 Å². The number of aliphatic hydroxyl groups is 1. The zero-order valence-corrected chi connectivity index (χ0v) is 13.1. The van der Waals surface area contributed by atoms with Crippen molar-refractivity contribution >= 4 is 38.2 Å². The summed E-state index contributed by atoms with van der Waals surface area (Å²) in [5, 5.41) is 10.4. The lowest BCUT2D eigenvalue weighted by Gasteiger charge is -2.27. The number of aliphatic hydroxyl groups excluding tert-OH is 1. The van der Waals surface area contributed by atoms with Crippen molar-refractivity contribution in [2.45, 2.75) is 6.92 Å². The summed E-state index contributed by atoms with van der Waals surface area (Å²) in [6.07, 6.45) is 5.28. The number of anilines is 1. The van der Waals surface area contributed by atoms with Crippen LogP contribution in [0.3, 0.4) is 0 Å². The summed E-state index contributed by atoms with van der Waals surface area (Å²) in [5.41, 5.74) is 1.27. The van der Waals surface area contributed by atoms with Gasteiger partial charge in [-0.15, -0.1) is 6.42 Å². The molecule has 0 saturated carbocycles. The number of hydrogen-bond acceptors (Lipinski definition) is 6. The van der Waals surface area contributed by atoms with Gasteiger partial charge >= 0.3 is 0 Å². The van der Waals surface area contributed by atoms with Crippen LogP contribution in [0.4, 0.5) is 5.82 Å². The summed E-state index contributed by atoms with van der Waals surface area (Å²) in [4.78, 5) is -0.193. The average Bonchev–Trinajstić information content (AvgIpc) is 2.95. The molecule has 8 heteroatoms. The fourth-order valence-corrected chi connectivity index (χ4v) is 4.56. The Kier molecular flexibility index (Phi) is 3.39. The second-order valence-electron chi connectivity index (χ2n) is 4.64. The first-order valence-corrected chi connectivity index (χ1v) is 8.44. The molecule has 6 nitrogen and oxygen atoms in total. The van der Waals surface area contributed by atoms with Crippen molar-refractivity contribution in [2.24, 2.45) is 0 Å². The molecule has 2 heterocycles. The lowest BCUT2D eigenvalue weighted by atomic mass is 10.1. The molecule has 2 aromatic rings. The first-order valence-electron chi connectivity index (χ1n) is 6.27. The van der Waals surface area contributed by atoms with Crippen LogP contribution in [-0.4, -0.2) is 28.8 Å². The lowest BCUT2D eigenvalue weighted by Crippen LogP contribution is -2.36. The van der Waals surface area contributed by atoms with E-state index in [2.05, 4.69) is 14.7 Å². The molecule has 22 heavy (non-hydrogen) atoms. The number of aryl methyl sites for hydroxylation is 1. The van der Waals surface area contributed by atoms with Gasteiger partial charge in [0.15, 0.2) is 17.3 Å². The van der Waals surface area contributed by atoms with Crippen LogP contribution in [0.2, 0.25) is 0 Å². The molecule has 0 atom stereocenters.